The number of allylic oxidation sites excluding steroid dienone is 2. The van der Waals surface area contributed by atoms with Gasteiger partial charge in [-0.2, -0.15) is 0 Å². The highest BCUT2D eigenvalue weighted by molar-refractivity contribution is 9.10. The number of hydrogen-bond acceptors (Lipinski definition) is 3. The number of rotatable bonds is 6. The molecule has 0 radical (unpaired) electrons. The number of nitrogens with one attached hydrogen (secondary N) is 1. The summed E-state index contributed by atoms with van der Waals surface area (Å²) in [6, 6.07) is 29.3. The van der Waals surface area contributed by atoms with E-state index >= 15 is 0 Å². The third-order valence-electron chi connectivity index (χ3n) is 7.40. The first kappa shape index (κ1) is 25.0. The smallest absolute Gasteiger partial charge is 0.134 e. The van der Waals surface area contributed by atoms with Crippen LogP contribution in [0, 0.1) is 12.8 Å². The van der Waals surface area contributed by atoms with Gasteiger partial charge in [-0.25, -0.2) is 0 Å². The molecule has 1 N–H and O–H groups in total. The van der Waals surface area contributed by atoms with E-state index in [1.165, 1.54) is 22.4 Å². The van der Waals surface area contributed by atoms with Crippen molar-refractivity contribution in [1.29, 1.82) is 0 Å². The van der Waals surface area contributed by atoms with Crippen LogP contribution in [0.3, 0.4) is 0 Å². The molecule has 3 nitrogen and oxygen atoms in total. The Balaban J connectivity index is 1.12. The normalized spacial score (nSPS) is 19.7. The first-order valence-corrected chi connectivity index (χ1v) is 14.1. The molecule has 1 aliphatic heterocycles. The number of ether oxygens (including phenoxy) is 1. The summed E-state index contributed by atoms with van der Waals surface area (Å²) in [4.78, 5) is 4.72. The zero-order valence-corrected chi connectivity index (χ0v) is 23.4. The van der Waals surface area contributed by atoms with Gasteiger partial charge in [-0.05, 0) is 106 Å². The van der Waals surface area contributed by atoms with Gasteiger partial charge in [0, 0.05) is 22.8 Å². The molecule has 0 bridgehead atoms. The van der Waals surface area contributed by atoms with Crippen molar-refractivity contribution in [2.75, 3.05) is 5.32 Å². The van der Waals surface area contributed by atoms with Gasteiger partial charge in [0.2, 0.25) is 0 Å². The molecule has 1 heterocycles. The van der Waals surface area contributed by atoms with Crippen molar-refractivity contribution < 1.29 is 4.74 Å². The molecule has 5 heteroatoms. The molecule has 0 aromatic heterocycles. The molecule has 190 valence electrons. The molecule has 0 saturated carbocycles. The zero-order valence-electron chi connectivity index (χ0n) is 21.1. The van der Waals surface area contributed by atoms with Crippen LogP contribution in [0.15, 0.2) is 107 Å². The van der Waals surface area contributed by atoms with Gasteiger partial charge < -0.3 is 10.1 Å². The second kappa shape index (κ2) is 10.8. The van der Waals surface area contributed by atoms with E-state index in [1.807, 2.05) is 48.7 Å². The number of anilines is 1. The summed E-state index contributed by atoms with van der Waals surface area (Å²) >= 11 is 9.59. The SMILES string of the molecule is Cc1ccc2c(c1)[C@@H]1C=CC[C@@H]1[C@@H](c1ccc(N=Cc3ccc(OCc4ccc(Cl)cc4)c(Br)c3)cc1)N2. The first-order valence-electron chi connectivity index (χ1n) is 12.9. The fourth-order valence-corrected chi connectivity index (χ4v) is 6.05. The van der Waals surface area contributed by atoms with E-state index in [1.54, 1.807) is 0 Å². The Morgan fingerprint density at radius 2 is 1.82 bits per heavy atom. The molecule has 0 unspecified atom stereocenters. The van der Waals surface area contributed by atoms with Crippen LogP contribution in [-0.4, -0.2) is 6.21 Å². The minimum atomic E-state index is 0.291. The second-order valence-electron chi connectivity index (χ2n) is 10.0. The van der Waals surface area contributed by atoms with Crippen LogP contribution < -0.4 is 10.1 Å². The van der Waals surface area contributed by atoms with Gasteiger partial charge in [0.15, 0.2) is 0 Å². The fourth-order valence-electron chi connectivity index (χ4n) is 5.42. The largest absolute Gasteiger partial charge is 0.488 e. The Morgan fingerprint density at radius 3 is 2.61 bits per heavy atom. The van der Waals surface area contributed by atoms with Gasteiger partial charge in [0.05, 0.1) is 16.2 Å². The fraction of sp³-hybridized carbons (Fsp3) is 0.182. The molecular formula is C33H28BrClN2O. The van der Waals surface area contributed by atoms with E-state index in [9.17, 15) is 0 Å². The summed E-state index contributed by atoms with van der Waals surface area (Å²) in [5.74, 6) is 1.81. The predicted molar refractivity (Wildman–Crippen MR) is 161 cm³/mol. The molecule has 0 amide bonds. The minimum absolute atomic E-state index is 0.291. The van der Waals surface area contributed by atoms with Crippen LogP contribution in [0.4, 0.5) is 11.4 Å². The summed E-state index contributed by atoms with van der Waals surface area (Å²) in [6.45, 7) is 2.65. The number of benzene rings is 4. The quantitative estimate of drug-likeness (QED) is 0.181. The van der Waals surface area contributed by atoms with Crippen LogP contribution in [0.5, 0.6) is 5.75 Å². The summed E-state index contributed by atoms with van der Waals surface area (Å²) < 4.78 is 6.86. The lowest BCUT2D eigenvalue weighted by Crippen LogP contribution is -2.29. The topological polar surface area (TPSA) is 33.6 Å². The summed E-state index contributed by atoms with van der Waals surface area (Å²) in [5.41, 5.74) is 8.30. The molecule has 0 fully saturated rings. The number of halogens is 2. The highest BCUT2D eigenvalue weighted by Crippen LogP contribution is 2.50. The van der Waals surface area contributed by atoms with Gasteiger partial charge in [-0.15, -0.1) is 0 Å². The van der Waals surface area contributed by atoms with Crippen LogP contribution in [0.25, 0.3) is 0 Å². The monoisotopic (exact) mass is 582 g/mol. The van der Waals surface area contributed by atoms with Crippen molar-refractivity contribution in [2.45, 2.75) is 31.9 Å². The van der Waals surface area contributed by atoms with Gasteiger partial charge >= 0.3 is 0 Å². The van der Waals surface area contributed by atoms with Crippen LogP contribution >= 0.6 is 27.5 Å². The van der Waals surface area contributed by atoms with Crippen molar-refractivity contribution in [3.63, 3.8) is 0 Å². The Kier molecular flexibility index (Phi) is 7.10. The Hall–Kier alpha value is -3.34. The van der Waals surface area contributed by atoms with Crippen LogP contribution in [0.2, 0.25) is 5.02 Å². The Bertz CT molecular complexity index is 1510. The lowest BCUT2D eigenvalue weighted by atomic mass is 9.76. The highest BCUT2D eigenvalue weighted by atomic mass is 79.9. The summed E-state index contributed by atoms with van der Waals surface area (Å²) in [5, 5.41) is 4.54. The molecule has 3 atom stereocenters. The van der Waals surface area contributed by atoms with Crippen molar-refractivity contribution in [3.8, 4) is 5.75 Å². The molecule has 0 spiro atoms. The minimum Gasteiger partial charge on any atom is -0.488 e. The van der Waals surface area contributed by atoms with E-state index < -0.39 is 0 Å². The first-order chi connectivity index (χ1) is 18.5. The van der Waals surface area contributed by atoms with E-state index in [-0.39, 0.29) is 0 Å². The maximum Gasteiger partial charge on any atom is 0.134 e. The average molecular weight is 584 g/mol. The van der Waals surface area contributed by atoms with Crippen LogP contribution in [-0.2, 0) is 6.61 Å². The third-order valence-corrected chi connectivity index (χ3v) is 8.27. The third kappa shape index (κ3) is 5.29. The van der Waals surface area contributed by atoms with Crippen molar-refractivity contribution >= 4 is 45.1 Å². The van der Waals surface area contributed by atoms with E-state index in [4.69, 9.17) is 21.3 Å². The number of nitrogens with zero attached hydrogens (tertiary/aromatic N) is 1. The summed E-state index contributed by atoms with van der Waals surface area (Å²) in [7, 11) is 0. The lowest BCUT2D eigenvalue weighted by molar-refractivity contribution is 0.304. The predicted octanol–water partition coefficient (Wildman–Crippen LogP) is 9.57. The number of fused-ring (bicyclic) bond motifs is 3. The standard InChI is InChI=1S/C33H28BrClN2O/c1-21-5-15-31-29(17-21)27-3-2-4-28(27)33(37-31)24-9-13-26(14-10-24)36-19-23-8-16-32(30(34)18-23)38-20-22-6-11-25(35)12-7-22/h2-3,5-19,27-28,33,37H,4,20H2,1H3/t27-,28+,33-/m1/s1. The van der Waals surface area contributed by atoms with Gasteiger partial charge in [0.1, 0.15) is 12.4 Å². The molecule has 6 rings (SSSR count). The van der Waals surface area contributed by atoms with Gasteiger partial charge in [-0.1, -0.05) is 65.7 Å². The molecule has 0 saturated heterocycles. The Morgan fingerprint density at radius 1 is 1.00 bits per heavy atom. The number of aryl methyl sites for hydroxylation is 1. The lowest BCUT2D eigenvalue weighted by Gasteiger charge is -2.37. The van der Waals surface area contributed by atoms with Gasteiger partial charge in [0.25, 0.3) is 0 Å². The van der Waals surface area contributed by atoms with E-state index in [0.717, 1.165) is 38.5 Å². The highest BCUT2D eigenvalue weighted by Gasteiger charge is 2.37. The molecule has 2 aliphatic rings. The van der Waals surface area contributed by atoms with Crippen LogP contribution in [0.1, 0.15) is 46.2 Å². The molecule has 4 aromatic rings. The molecule has 38 heavy (non-hydrogen) atoms. The molecule has 4 aromatic carbocycles. The van der Waals surface area contributed by atoms with Crippen molar-refractivity contribution in [1.82, 2.24) is 0 Å². The molecular weight excluding hydrogens is 556 g/mol. The second-order valence-corrected chi connectivity index (χ2v) is 11.3. The van der Waals surface area contributed by atoms with Gasteiger partial charge in [-0.3, -0.25) is 4.99 Å². The number of aliphatic imine (C=N–C) groups is 1. The van der Waals surface area contributed by atoms with E-state index in [2.05, 4.69) is 82.8 Å². The summed E-state index contributed by atoms with van der Waals surface area (Å²) in [6.07, 6.45) is 7.72. The zero-order chi connectivity index (χ0) is 26.1. The average Bonchev–Trinajstić information content (AvgIpc) is 3.43. The molecule has 1 aliphatic carbocycles. The van der Waals surface area contributed by atoms with Crippen molar-refractivity contribution in [3.05, 3.63) is 134 Å². The van der Waals surface area contributed by atoms with Crippen molar-refractivity contribution in [2.24, 2.45) is 10.9 Å². The Labute approximate surface area is 237 Å². The maximum absolute atomic E-state index is 5.96. The van der Waals surface area contributed by atoms with E-state index in [0.29, 0.717) is 24.5 Å². The number of hydrogen-bond donors (Lipinski definition) is 1. The maximum atomic E-state index is 5.96.